The molecule has 0 bridgehead atoms. The first-order valence-corrected chi connectivity index (χ1v) is 9.32. The van der Waals surface area contributed by atoms with Crippen LogP contribution >= 0.6 is 0 Å². The van der Waals surface area contributed by atoms with Crippen LogP contribution in [0.15, 0.2) is 18.2 Å². The summed E-state index contributed by atoms with van der Waals surface area (Å²) in [5, 5.41) is 1.30. The lowest BCUT2D eigenvalue weighted by molar-refractivity contribution is -0.140. The van der Waals surface area contributed by atoms with Crippen LogP contribution in [0.1, 0.15) is 29.7 Å². The molecule has 1 aromatic heterocycles. The number of para-hydroxylation sites is 1. The Balaban J connectivity index is 1.55. The Kier molecular flexibility index (Phi) is 4.52. The minimum atomic E-state index is 0.0190. The van der Waals surface area contributed by atoms with E-state index in [-0.39, 0.29) is 11.9 Å². The van der Waals surface area contributed by atoms with E-state index in [1.165, 1.54) is 27.7 Å². The topological polar surface area (TPSA) is 48.6 Å². The number of likely N-dealkylation sites (tertiary alicyclic amines) is 1. The monoisotopic (exact) mass is 341 g/mol. The third-order valence-corrected chi connectivity index (χ3v) is 5.77. The molecule has 0 spiro atoms. The molecule has 1 N–H and O–H groups in total. The van der Waals surface area contributed by atoms with Crippen LogP contribution in [0.4, 0.5) is 0 Å². The zero-order chi connectivity index (χ0) is 17.4. The van der Waals surface area contributed by atoms with Gasteiger partial charge in [0.05, 0.1) is 24.8 Å². The molecule has 2 aromatic rings. The smallest absolute Gasteiger partial charge is 0.240 e. The average Bonchev–Trinajstić information content (AvgIpc) is 3.21. The number of aryl methyl sites for hydroxylation is 2. The van der Waals surface area contributed by atoms with Gasteiger partial charge in [0.25, 0.3) is 0 Å². The van der Waals surface area contributed by atoms with Gasteiger partial charge in [0.1, 0.15) is 0 Å². The Morgan fingerprint density at radius 3 is 2.84 bits per heavy atom. The van der Waals surface area contributed by atoms with E-state index in [2.05, 4.69) is 41.9 Å². The highest BCUT2D eigenvalue weighted by Crippen LogP contribution is 2.28. The molecule has 0 radical (unpaired) electrons. The molecule has 2 saturated heterocycles. The van der Waals surface area contributed by atoms with Crippen molar-refractivity contribution in [2.24, 2.45) is 0 Å². The molecule has 2 fully saturated rings. The van der Waals surface area contributed by atoms with Gasteiger partial charge in [0.15, 0.2) is 0 Å². The maximum atomic E-state index is 12.9. The summed E-state index contributed by atoms with van der Waals surface area (Å²) in [6.45, 7) is 8.91. The summed E-state index contributed by atoms with van der Waals surface area (Å²) in [6, 6.07) is 6.52. The average molecular weight is 341 g/mol. The van der Waals surface area contributed by atoms with Gasteiger partial charge < -0.3 is 14.6 Å². The van der Waals surface area contributed by atoms with Gasteiger partial charge in [-0.2, -0.15) is 0 Å². The summed E-state index contributed by atoms with van der Waals surface area (Å²) in [7, 11) is 0. The number of nitrogens with zero attached hydrogens (tertiary/aromatic N) is 2. The number of carbonyl (C=O) groups is 1. The van der Waals surface area contributed by atoms with Gasteiger partial charge in [0, 0.05) is 30.7 Å². The normalized spacial score (nSPS) is 22.0. The highest BCUT2D eigenvalue weighted by Gasteiger charge is 2.34. The van der Waals surface area contributed by atoms with Crippen molar-refractivity contribution in [3.63, 3.8) is 0 Å². The molecular formula is C20H27N3O2. The van der Waals surface area contributed by atoms with E-state index in [4.69, 9.17) is 4.74 Å². The van der Waals surface area contributed by atoms with Gasteiger partial charge >= 0.3 is 0 Å². The predicted molar refractivity (Wildman–Crippen MR) is 98.6 cm³/mol. The molecule has 25 heavy (non-hydrogen) atoms. The number of hydrogen-bond acceptors (Lipinski definition) is 3. The number of benzene rings is 1. The molecule has 1 unspecified atom stereocenters. The molecule has 0 aliphatic carbocycles. The van der Waals surface area contributed by atoms with Gasteiger partial charge in [-0.15, -0.1) is 0 Å². The SMILES string of the molecule is Cc1[nH]c2c(CN3CCCC3C(=O)N3CCOCC3)cccc2c1C. The summed E-state index contributed by atoms with van der Waals surface area (Å²) in [5.74, 6) is 0.284. The lowest BCUT2D eigenvalue weighted by Crippen LogP contribution is -2.49. The number of nitrogens with one attached hydrogen (secondary N) is 1. The van der Waals surface area contributed by atoms with Gasteiger partial charge in [-0.05, 0) is 44.4 Å². The number of aromatic nitrogens is 1. The summed E-state index contributed by atoms with van der Waals surface area (Å²) >= 11 is 0. The number of amides is 1. The van der Waals surface area contributed by atoms with Gasteiger partial charge in [-0.3, -0.25) is 9.69 Å². The number of fused-ring (bicyclic) bond motifs is 1. The fraction of sp³-hybridized carbons (Fsp3) is 0.550. The van der Waals surface area contributed by atoms with Crippen LogP contribution < -0.4 is 0 Å². The van der Waals surface area contributed by atoms with Crippen molar-refractivity contribution in [3.05, 3.63) is 35.0 Å². The van der Waals surface area contributed by atoms with E-state index in [0.717, 1.165) is 39.0 Å². The minimum Gasteiger partial charge on any atom is -0.378 e. The fourth-order valence-corrected chi connectivity index (χ4v) is 4.18. The maximum absolute atomic E-state index is 12.9. The number of aromatic amines is 1. The van der Waals surface area contributed by atoms with Crippen molar-refractivity contribution >= 4 is 16.8 Å². The first kappa shape index (κ1) is 16.6. The molecule has 3 heterocycles. The molecular weight excluding hydrogens is 314 g/mol. The van der Waals surface area contributed by atoms with Crippen LogP contribution in [-0.4, -0.2) is 59.6 Å². The van der Waals surface area contributed by atoms with Crippen LogP contribution in [0.2, 0.25) is 0 Å². The van der Waals surface area contributed by atoms with Crippen molar-refractivity contribution in [3.8, 4) is 0 Å². The van der Waals surface area contributed by atoms with Gasteiger partial charge in [-0.25, -0.2) is 0 Å². The molecule has 2 aliphatic rings. The highest BCUT2D eigenvalue weighted by molar-refractivity contribution is 5.87. The minimum absolute atomic E-state index is 0.0190. The number of carbonyl (C=O) groups excluding carboxylic acids is 1. The first-order chi connectivity index (χ1) is 12.1. The number of ether oxygens (including phenoxy) is 1. The van der Waals surface area contributed by atoms with Crippen molar-refractivity contribution in [1.82, 2.24) is 14.8 Å². The summed E-state index contributed by atoms with van der Waals surface area (Å²) in [6.07, 6.45) is 2.06. The van der Waals surface area contributed by atoms with E-state index in [0.29, 0.717) is 13.2 Å². The summed E-state index contributed by atoms with van der Waals surface area (Å²) in [5.41, 5.74) is 5.06. The second kappa shape index (κ2) is 6.81. The van der Waals surface area contributed by atoms with E-state index in [1.54, 1.807) is 0 Å². The molecule has 1 atom stereocenters. The molecule has 134 valence electrons. The fourth-order valence-electron chi connectivity index (χ4n) is 4.18. The summed E-state index contributed by atoms with van der Waals surface area (Å²) < 4.78 is 5.39. The van der Waals surface area contributed by atoms with E-state index in [1.807, 2.05) is 4.90 Å². The van der Waals surface area contributed by atoms with Crippen molar-refractivity contribution in [2.75, 3.05) is 32.8 Å². The van der Waals surface area contributed by atoms with E-state index < -0.39 is 0 Å². The van der Waals surface area contributed by atoms with Crippen molar-refractivity contribution < 1.29 is 9.53 Å². The third-order valence-electron chi connectivity index (χ3n) is 5.77. The zero-order valence-electron chi connectivity index (χ0n) is 15.2. The second-order valence-electron chi connectivity index (χ2n) is 7.28. The van der Waals surface area contributed by atoms with Crippen LogP contribution in [0, 0.1) is 13.8 Å². The lowest BCUT2D eigenvalue weighted by atomic mass is 10.1. The van der Waals surface area contributed by atoms with Crippen LogP contribution in [0.5, 0.6) is 0 Å². The third kappa shape index (κ3) is 3.07. The number of rotatable bonds is 3. The van der Waals surface area contributed by atoms with Crippen molar-refractivity contribution in [2.45, 2.75) is 39.3 Å². The Bertz CT molecular complexity index is 777. The molecule has 5 heteroatoms. The van der Waals surface area contributed by atoms with Crippen LogP contribution in [-0.2, 0) is 16.1 Å². The van der Waals surface area contributed by atoms with E-state index >= 15 is 0 Å². The highest BCUT2D eigenvalue weighted by atomic mass is 16.5. The Hall–Kier alpha value is -1.85. The lowest BCUT2D eigenvalue weighted by Gasteiger charge is -2.32. The largest absolute Gasteiger partial charge is 0.378 e. The number of H-pyrrole nitrogens is 1. The van der Waals surface area contributed by atoms with Crippen molar-refractivity contribution in [1.29, 1.82) is 0 Å². The summed E-state index contributed by atoms with van der Waals surface area (Å²) in [4.78, 5) is 20.8. The second-order valence-corrected chi connectivity index (χ2v) is 7.28. The van der Waals surface area contributed by atoms with Crippen LogP contribution in [0.25, 0.3) is 10.9 Å². The van der Waals surface area contributed by atoms with Crippen LogP contribution in [0.3, 0.4) is 0 Å². The van der Waals surface area contributed by atoms with Gasteiger partial charge in [0.2, 0.25) is 5.91 Å². The molecule has 0 saturated carbocycles. The molecule has 4 rings (SSSR count). The molecule has 1 amide bonds. The molecule has 2 aliphatic heterocycles. The Morgan fingerprint density at radius 1 is 1.24 bits per heavy atom. The number of morpholine rings is 1. The predicted octanol–water partition coefficient (Wildman–Crippen LogP) is 2.61. The molecule has 5 nitrogen and oxygen atoms in total. The maximum Gasteiger partial charge on any atom is 0.240 e. The van der Waals surface area contributed by atoms with Gasteiger partial charge in [-0.1, -0.05) is 18.2 Å². The molecule has 1 aromatic carbocycles. The van der Waals surface area contributed by atoms with E-state index in [9.17, 15) is 4.79 Å². The number of hydrogen-bond donors (Lipinski definition) is 1. The Labute approximate surface area is 148 Å². The quantitative estimate of drug-likeness (QED) is 0.934. The zero-order valence-corrected chi connectivity index (χ0v) is 15.2. The first-order valence-electron chi connectivity index (χ1n) is 9.32. The standard InChI is InChI=1S/C20H27N3O2/c1-14-15(2)21-19-16(5-3-6-17(14)19)13-23-8-4-7-18(23)20(24)22-9-11-25-12-10-22/h3,5-6,18,21H,4,7-13H2,1-2H3. The Morgan fingerprint density at radius 2 is 2.04 bits per heavy atom.